The highest BCUT2D eigenvalue weighted by Gasteiger charge is 2.24. The molecular weight excluding hydrogens is 336 g/mol. The van der Waals surface area contributed by atoms with Gasteiger partial charge in [-0.15, -0.1) is 12.0 Å². The third-order valence-corrected chi connectivity index (χ3v) is 5.43. The molecule has 4 heteroatoms. The molecule has 0 bridgehead atoms. The van der Waals surface area contributed by atoms with Crippen LogP contribution in [0.25, 0.3) is 0 Å². The SMILES string of the molecule is C#C[Si](C)(C)O[C@H](/C=N/N(c1ccccc1)c1ccccc1)CC(C)C. The molecular formula is C22H28N2OSi. The van der Waals surface area contributed by atoms with Crippen molar-refractivity contribution in [1.29, 1.82) is 0 Å². The lowest BCUT2D eigenvalue weighted by Crippen LogP contribution is -2.36. The van der Waals surface area contributed by atoms with E-state index in [9.17, 15) is 0 Å². The van der Waals surface area contributed by atoms with Crippen molar-refractivity contribution in [3.8, 4) is 12.0 Å². The lowest BCUT2D eigenvalue weighted by Gasteiger charge is -2.25. The molecule has 0 fully saturated rings. The minimum atomic E-state index is -2.12. The quantitative estimate of drug-likeness (QED) is 0.263. The van der Waals surface area contributed by atoms with Gasteiger partial charge in [-0.3, -0.25) is 0 Å². The average Bonchev–Trinajstić information content (AvgIpc) is 2.63. The molecule has 2 rings (SSSR count). The Balaban J connectivity index is 2.31. The summed E-state index contributed by atoms with van der Waals surface area (Å²) in [5.74, 6) is 0.496. The van der Waals surface area contributed by atoms with E-state index in [1.54, 1.807) is 0 Å². The van der Waals surface area contributed by atoms with Crippen molar-refractivity contribution < 1.29 is 4.43 Å². The Morgan fingerprint density at radius 2 is 1.54 bits per heavy atom. The van der Waals surface area contributed by atoms with Crippen LogP contribution < -0.4 is 5.01 Å². The topological polar surface area (TPSA) is 24.8 Å². The second-order valence-corrected chi connectivity index (χ2v) is 10.7. The highest BCUT2D eigenvalue weighted by molar-refractivity contribution is 6.79. The molecule has 0 aromatic heterocycles. The molecule has 0 radical (unpaired) electrons. The second kappa shape index (κ2) is 9.37. The van der Waals surface area contributed by atoms with Gasteiger partial charge in [-0.2, -0.15) is 5.10 Å². The Kier molecular flexibility index (Phi) is 7.20. The second-order valence-electron chi connectivity index (χ2n) is 7.19. The van der Waals surface area contributed by atoms with Gasteiger partial charge in [-0.05, 0) is 49.7 Å². The molecule has 0 spiro atoms. The molecule has 3 nitrogen and oxygen atoms in total. The van der Waals surface area contributed by atoms with Crippen LogP contribution in [0.1, 0.15) is 20.3 Å². The Morgan fingerprint density at radius 3 is 1.96 bits per heavy atom. The van der Waals surface area contributed by atoms with E-state index in [1.807, 2.05) is 85.0 Å². The number of benzene rings is 2. The number of hydrogen-bond acceptors (Lipinski definition) is 3. The first kappa shape index (κ1) is 20.0. The van der Waals surface area contributed by atoms with E-state index in [0.29, 0.717) is 5.92 Å². The van der Waals surface area contributed by atoms with Crippen LogP contribution in [0.3, 0.4) is 0 Å². The van der Waals surface area contributed by atoms with E-state index >= 15 is 0 Å². The van der Waals surface area contributed by atoms with Gasteiger partial charge >= 0.3 is 0 Å². The van der Waals surface area contributed by atoms with Crippen molar-refractivity contribution in [2.75, 3.05) is 5.01 Å². The summed E-state index contributed by atoms with van der Waals surface area (Å²) in [6.45, 7) is 8.45. The van der Waals surface area contributed by atoms with E-state index in [-0.39, 0.29) is 6.10 Å². The van der Waals surface area contributed by atoms with Crippen LogP contribution in [-0.2, 0) is 4.43 Å². The van der Waals surface area contributed by atoms with Crippen molar-refractivity contribution in [2.24, 2.45) is 11.0 Å². The van der Waals surface area contributed by atoms with Gasteiger partial charge in [-0.25, -0.2) is 5.01 Å². The van der Waals surface area contributed by atoms with Gasteiger partial charge in [0.05, 0.1) is 23.7 Å². The first-order chi connectivity index (χ1) is 12.4. The highest BCUT2D eigenvalue weighted by atomic mass is 28.4. The standard InChI is InChI=1S/C22H28N2OSi/c1-6-26(4,5)25-22(17-19(2)3)18-23-24(20-13-9-7-10-14-20)21-15-11-8-12-16-21/h1,7-16,18-19,22H,17H2,2-5H3/b23-18+/t22-/m0/s1. The summed E-state index contributed by atoms with van der Waals surface area (Å²) in [5, 5.41) is 6.70. The predicted molar refractivity (Wildman–Crippen MR) is 114 cm³/mol. The van der Waals surface area contributed by atoms with Gasteiger partial charge in [-0.1, -0.05) is 50.2 Å². The van der Waals surface area contributed by atoms with Gasteiger partial charge < -0.3 is 4.43 Å². The van der Waals surface area contributed by atoms with Crippen molar-refractivity contribution in [3.05, 3.63) is 60.7 Å². The maximum Gasteiger partial charge on any atom is 0.266 e. The van der Waals surface area contributed by atoms with Gasteiger partial charge in [0.15, 0.2) is 0 Å². The van der Waals surface area contributed by atoms with Crippen molar-refractivity contribution >= 4 is 25.9 Å². The first-order valence-corrected chi connectivity index (χ1v) is 11.9. The van der Waals surface area contributed by atoms with Crippen LogP contribution in [0.2, 0.25) is 13.1 Å². The van der Waals surface area contributed by atoms with Crippen LogP contribution in [0.5, 0.6) is 0 Å². The number of rotatable bonds is 8. The molecule has 0 amide bonds. The summed E-state index contributed by atoms with van der Waals surface area (Å²) in [4.78, 5) is 0. The lowest BCUT2D eigenvalue weighted by atomic mass is 10.1. The minimum Gasteiger partial charge on any atom is -0.398 e. The number of hydrogen-bond donors (Lipinski definition) is 0. The third-order valence-electron chi connectivity index (χ3n) is 3.85. The zero-order valence-corrected chi connectivity index (χ0v) is 17.1. The van der Waals surface area contributed by atoms with Gasteiger partial charge in [0, 0.05) is 0 Å². The normalized spacial score (nSPS) is 12.9. The summed E-state index contributed by atoms with van der Waals surface area (Å²) in [5.41, 5.74) is 4.85. The molecule has 0 heterocycles. The van der Waals surface area contributed by atoms with Crippen LogP contribution in [0.15, 0.2) is 65.8 Å². The highest BCUT2D eigenvalue weighted by Crippen LogP contribution is 2.25. The Hall–Kier alpha value is -2.35. The Morgan fingerprint density at radius 1 is 1.04 bits per heavy atom. The van der Waals surface area contributed by atoms with E-state index in [4.69, 9.17) is 16.0 Å². The maximum absolute atomic E-state index is 6.25. The Bertz CT molecular complexity index is 696. The maximum atomic E-state index is 6.25. The summed E-state index contributed by atoms with van der Waals surface area (Å²) in [6, 6.07) is 20.2. The fourth-order valence-electron chi connectivity index (χ4n) is 2.58. The van der Waals surface area contributed by atoms with Crippen molar-refractivity contribution in [2.45, 2.75) is 39.5 Å². The van der Waals surface area contributed by atoms with E-state index in [0.717, 1.165) is 17.8 Å². The molecule has 0 N–H and O–H groups in total. The summed E-state index contributed by atoms with van der Waals surface area (Å²) >= 11 is 0. The van der Waals surface area contributed by atoms with E-state index < -0.39 is 8.32 Å². The molecule has 0 aliphatic heterocycles. The molecule has 0 unspecified atom stereocenters. The molecule has 136 valence electrons. The minimum absolute atomic E-state index is 0.0948. The number of para-hydroxylation sites is 2. The van der Waals surface area contributed by atoms with Gasteiger partial charge in [0.25, 0.3) is 8.32 Å². The lowest BCUT2D eigenvalue weighted by molar-refractivity contribution is 0.238. The molecule has 1 atom stereocenters. The summed E-state index contributed by atoms with van der Waals surface area (Å²) < 4.78 is 6.25. The van der Waals surface area contributed by atoms with Crippen molar-refractivity contribution in [3.63, 3.8) is 0 Å². The summed E-state index contributed by atoms with van der Waals surface area (Å²) in [6.07, 6.45) is 8.34. The van der Waals surface area contributed by atoms with Crippen LogP contribution in [0, 0.1) is 17.9 Å². The third kappa shape index (κ3) is 6.18. The average molecular weight is 365 g/mol. The largest absolute Gasteiger partial charge is 0.398 e. The van der Waals surface area contributed by atoms with E-state index in [1.165, 1.54) is 0 Å². The number of terminal acetylenes is 1. The van der Waals surface area contributed by atoms with Gasteiger partial charge in [0.1, 0.15) is 0 Å². The van der Waals surface area contributed by atoms with E-state index in [2.05, 4.69) is 19.4 Å². The summed E-state index contributed by atoms with van der Waals surface area (Å²) in [7, 11) is -2.12. The fraction of sp³-hybridized carbons (Fsp3) is 0.318. The molecule has 2 aromatic rings. The van der Waals surface area contributed by atoms with Crippen LogP contribution in [-0.4, -0.2) is 20.6 Å². The molecule has 2 aromatic carbocycles. The Labute approximate surface area is 158 Å². The smallest absolute Gasteiger partial charge is 0.266 e. The molecule has 26 heavy (non-hydrogen) atoms. The van der Waals surface area contributed by atoms with Crippen LogP contribution >= 0.6 is 0 Å². The fourth-order valence-corrected chi connectivity index (χ4v) is 3.56. The molecule has 0 aliphatic rings. The molecule has 0 saturated carbocycles. The zero-order chi connectivity index (χ0) is 19.0. The molecule has 0 aliphatic carbocycles. The number of hydrazone groups is 1. The number of nitrogens with zero attached hydrogens (tertiary/aromatic N) is 2. The zero-order valence-electron chi connectivity index (χ0n) is 16.1. The van der Waals surface area contributed by atoms with Crippen molar-refractivity contribution in [1.82, 2.24) is 0 Å². The predicted octanol–water partition coefficient (Wildman–Crippen LogP) is 5.62. The first-order valence-electron chi connectivity index (χ1n) is 9.01. The van der Waals surface area contributed by atoms with Gasteiger partial charge in [0.2, 0.25) is 0 Å². The molecule has 0 saturated heterocycles. The number of anilines is 2. The van der Waals surface area contributed by atoms with Crippen LogP contribution in [0.4, 0.5) is 11.4 Å². The monoisotopic (exact) mass is 364 g/mol.